The third-order valence-corrected chi connectivity index (χ3v) is 3.95. The van der Waals surface area contributed by atoms with Gasteiger partial charge in [0, 0.05) is 18.6 Å². The van der Waals surface area contributed by atoms with Gasteiger partial charge in [-0.2, -0.15) is 0 Å². The number of aliphatic hydroxyl groups is 1. The van der Waals surface area contributed by atoms with E-state index in [1.54, 1.807) is 0 Å². The molecule has 18 heavy (non-hydrogen) atoms. The van der Waals surface area contributed by atoms with Crippen molar-refractivity contribution >= 4 is 0 Å². The molecule has 2 unspecified atom stereocenters. The molecule has 4 nitrogen and oxygen atoms in total. The summed E-state index contributed by atoms with van der Waals surface area (Å²) in [7, 11) is 0. The van der Waals surface area contributed by atoms with Crippen LogP contribution in [0.1, 0.15) is 33.1 Å². The van der Waals surface area contributed by atoms with Crippen LogP contribution in [0, 0.1) is 11.8 Å². The number of rotatable bonds is 8. The van der Waals surface area contributed by atoms with Crippen molar-refractivity contribution in [1.29, 1.82) is 0 Å². The van der Waals surface area contributed by atoms with E-state index in [4.69, 9.17) is 9.47 Å². The van der Waals surface area contributed by atoms with Gasteiger partial charge in [-0.15, -0.1) is 0 Å². The number of nitrogens with one attached hydrogen (secondary N) is 1. The van der Waals surface area contributed by atoms with Crippen LogP contribution in [-0.4, -0.2) is 49.7 Å². The SMILES string of the molecule is CC(C)NC(CO)(COCC1CCOC1)C1CC1. The summed E-state index contributed by atoms with van der Waals surface area (Å²) in [6, 6.07) is 0.371. The van der Waals surface area contributed by atoms with Crippen molar-refractivity contribution in [3.63, 3.8) is 0 Å². The second kappa shape index (κ2) is 6.33. The van der Waals surface area contributed by atoms with Crippen LogP contribution in [0.4, 0.5) is 0 Å². The average molecular weight is 257 g/mol. The van der Waals surface area contributed by atoms with Crippen LogP contribution < -0.4 is 5.32 Å². The van der Waals surface area contributed by atoms with E-state index in [9.17, 15) is 5.11 Å². The van der Waals surface area contributed by atoms with Gasteiger partial charge in [-0.25, -0.2) is 0 Å². The highest BCUT2D eigenvalue weighted by Crippen LogP contribution is 2.40. The molecule has 0 bridgehead atoms. The normalized spacial score (nSPS) is 27.7. The lowest BCUT2D eigenvalue weighted by Crippen LogP contribution is -2.56. The molecular formula is C14H27NO3. The van der Waals surface area contributed by atoms with Gasteiger partial charge in [0.1, 0.15) is 0 Å². The molecule has 1 saturated heterocycles. The molecule has 106 valence electrons. The Morgan fingerprint density at radius 1 is 1.39 bits per heavy atom. The Kier molecular flexibility index (Phi) is 5.01. The van der Waals surface area contributed by atoms with Gasteiger partial charge in [0.15, 0.2) is 0 Å². The van der Waals surface area contributed by atoms with E-state index in [-0.39, 0.29) is 12.1 Å². The molecule has 0 amide bonds. The van der Waals surface area contributed by atoms with Crippen molar-refractivity contribution in [2.75, 3.05) is 33.0 Å². The second-order valence-electron chi connectivity index (χ2n) is 6.13. The minimum absolute atomic E-state index is 0.164. The van der Waals surface area contributed by atoms with Gasteiger partial charge in [0.25, 0.3) is 0 Å². The molecule has 2 aliphatic rings. The Balaban J connectivity index is 1.80. The highest BCUT2D eigenvalue weighted by Gasteiger charge is 2.45. The monoisotopic (exact) mass is 257 g/mol. The first-order valence-corrected chi connectivity index (χ1v) is 7.20. The minimum atomic E-state index is -0.229. The van der Waals surface area contributed by atoms with Gasteiger partial charge < -0.3 is 19.9 Å². The molecule has 1 saturated carbocycles. The Bertz CT molecular complexity index is 249. The summed E-state index contributed by atoms with van der Waals surface area (Å²) in [5.41, 5.74) is -0.229. The van der Waals surface area contributed by atoms with Crippen LogP contribution in [0.2, 0.25) is 0 Å². The fourth-order valence-corrected chi connectivity index (χ4v) is 2.83. The zero-order valence-electron chi connectivity index (χ0n) is 11.7. The maximum absolute atomic E-state index is 9.76. The molecule has 0 spiro atoms. The van der Waals surface area contributed by atoms with Crippen LogP contribution in [0.3, 0.4) is 0 Å². The Hall–Kier alpha value is -0.160. The molecule has 2 atom stereocenters. The molecule has 4 heteroatoms. The lowest BCUT2D eigenvalue weighted by Gasteiger charge is -2.35. The Morgan fingerprint density at radius 2 is 2.17 bits per heavy atom. The molecule has 0 aromatic rings. The highest BCUT2D eigenvalue weighted by atomic mass is 16.5. The quantitative estimate of drug-likeness (QED) is 0.685. The van der Waals surface area contributed by atoms with Crippen molar-refractivity contribution in [2.24, 2.45) is 11.8 Å². The van der Waals surface area contributed by atoms with Gasteiger partial charge >= 0.3 is 0 Å². The van der Waals surface area contributed by atoms with E-state index in [2.05, 4.69) is 19.2 Å². The molecule has 2 N–H and O–H groups in total. The van der Waals surface area contributed by atoms with E-state index in [0.717, 1.165) is 26.2 Å². The third kappa shape index (κ3) is 3.67. The van der Waals surface area contributed by atoms with Crippen molar-refractivity contribution < 1.29 is 14.6 Å². The van der Waals surface area contributed by atoms with Crippen LogP contribution in [0.25, 0.3) is 0 Å². The van der Waals surface area contributed by atoms with Gasteiger partial charge in [-0.1, -0.05) is 13.8 Å². The van der Waals surface area contributed by atoms with E-state index >= 15 is 0 Å². The van der Waals surface area contributed by atoms with E-state index in [1.165, 1.54) is 12.8 Å². The van der Waals surface area contributed by atoms with E-state index in [0.29, 0.717) is 24.5 Å². The molecule has 2 fully saturated rings. The predicted molar refractivity (Wildman–Crippen MR) is 70.6 cm³/mol. The molecule has 2 rings (SSSR count). The number of ether oxygens (including phenoxy) is 2. The zero-order chi connectivity index (χ0) is 13.0. The lowest BCUT2D eigenvalue weighted by atomic mass is 9.94. The standard InChI is InChI=1S/C14H27NO3/c1-11(2)15-14(9-16,13-3-4-13)10-18-8-12-5-6-17-7-12/h11-13,15-16H,3-10H2,1-2H3. The highest BCUT2D eigenvalue weighted by molar-refractivity contribution is 5.01. The molecule has 1 aliphatic carbocycles. The second-order valence-corrected chi connectivity index (χ2v) is 6.13. The fraction of sp³-hybridized carbons (Fsp3) is 1.00. The predicted octanol–water partition coefficient (Wildman–Crippen LogP) is 1.18. The molecule has 1 heterocycles. The number of aliphatic hydroxyl groups excluding tert-OH is 1. The minimum Gasteiger partial charge on any atom is -0.394 e. The first kappa shape index (κ1) is 14.3. The van der Waals surface area contributed by atoms with Crippen molar-refractivity contribution in [3.05, 3.63) is 0 Å². The average Bonchev–Trinajstić information content (AvgIpc) is 3.07. The zero-order valence-corrected chi connectivity index (χ0v) is 11.7. The van der Waals surface area contributed by atoms with Gasteiger partial charge in [0.2, 0.25) is 0 Å². The topological polar surface area (TPSA) is 50.7 Å². The number of hydrogen-bond acceptors (Lipinski definition) is 4. The molecule has 0 aromatic heterocycles. The molecular weight excluding hydrogens is 230 g/mol. The van der Waals surface area contributed by atoms with E-state index < -0.39 is 0 Å². The van der Waals surface area contributed by atoms with Gasteiger partial charge in [0.05, 0.1) is 32.0 Å². The maximum Gasteiger partial charge on any atom is 0.0681 e. The smallest absolute Gasteiger partial charge is 0.0681 e. The third-order valence-electron chi connectivity index (χ3n) is 3.95. The maximum atomic E-state index is 9.76. The molecule has 1 aliphatic heterocycles. The lowest BCUT2D eigenvalue weighted by molar-refractivity contribution is 0.00478. The first-order chi connectivity index (χ1) is 8.66. The Labute approximate surface area is 110 Å². The van der Waals surface area contributed by atoms with Gasteiger partial charge in [-0.3, -0.25) is 0 Å². The van der Waals surface area contributed by atoms with Crippen LogP contribution in [0.15, 0.2) is 0 Å². The summed E-state index contributed by atoms with van der Waals surface area (Å²) in [4.78, 5) is 0. The summed E-state index contributed by atoms with van der Waals surface area (Å²) >= 11 is 0. The summed E-state index contributed by atoms with van der Waals surface area (Å²) in [6.07, 6.45) is 3.51. The largest absolute Gasteiger partial charge is 0.394 e. The van der Waals surface area contributed by atoms with Crippen molar-refractivity contribution in [1.82, 2.24) is 5.32 Å². The van der Waals surface area contributed by atoms with Crippen LogP contribution >= 0.6 is 0 Å². The number of hydrogen-bond donors (Lipinski definition) is 2. The van der Waals surface area contributed by atoms with Crippen LogP contribution in [-0.2, 0) is 9.47 Å². The summed E-state index contributed by atoms with van der Waals surface area (Å²) in [6.45, 7) is 7.47. The van der Waals surface area contributed by atoms with Crippen molar-refractivity contribution in [2.45, 2.75) is 44.7 Å². The summed E-state index contributed by atoms with van der Waals surface area (Å²) in [5, 5.41) is 13.3. The van der Waals surface area contributed by atoms with Gasteiger partial charge in [-0.05, 0) is 25.2 Å². The summed E-state index contributed by atoms with van der Waals surface area (Å²) < 4.78 is 11.2. The molecule has 0 radical (unpaired) electrons. The molecule has 0 aromatic carbocycles. The Morgan fingerprint density at radius 3 is 2.67 bits per heavy atom. The fourth-order valence-electron chi connectivity index (χ4n) is 2.83. The summed E-state index contributed by atoms with van der Waals surface area (Å²) in [5.74, 6) is 1.12. The first-order valence-electron chi connectivity index (χ1n) is 7.20. The van der Waals surface area contributed by atoms with Crippen molar-refractivity contribution in [3.8, 4) is 0 Å². The van der Waals surface area contributed by atoms with Crippen LogP contribution in [0.5, 0.6) is 0 Å². The van der Waals surface area contributed by atoms with E-state index in [1.807, 2.05) is 0 Å².